The van der Waals surface area contributed by atoms with Gasteiger partial charge in [-0.3, -0.25) is 0 Å². The molecule has 2 rings (SSSR count). The van der Waals surface area contributed by atoms with Crippen molar-refractivity contribution in [1.29, 1.82) is 0 Å². The normalized spacial score (nSPS) is 19.5. The van der Waals surface area contributed by atoms with Gasteiger partial charge in [0, 0.05) is 24.2 Å². The summed E-state index contributed by atoms with van der Waals surface area (Å²) in [5.74, 6) is 2.39. The van der Waals surface area contributed by atoms with E-state index < -0.39 is 0 Å². The van der Waals surface area contributed by atoms with Crippen LogP contribution in [0.5, 0.6) is 11.5 Å². The molecule has 1 aromatic carbocycles. The first-order chi connectivity index (χ1) is 7.27. The lowest BCUT2D eigenvalue weighted by molar-refractivity contribution is 0.382. The maximum Gasteiger partial charge on any atom is 0.123 e. The Hall–Kier alpha value is -1.22. The molecule has 0 aromatic heterocycles. The van der Waals surface area contributed by atoms with E-state index in [4.69, 9.17) is 9.47 Å². The standard InChI is InChI=1S/C12H17NO2/c1-8-6-13-7-9-10(14-2)4-5-11(15-3)12(8)9/h4-5,8,13H,6-7H2,1-3H3. The molecule has 0 radical (unpaired) electrons. The van der Waals surface area contributed by atoms with Gasteiger partial charge in [-0.15, -0.1) is 0 Å². The van der Waals surface area contributed by atoms with E-state index in [2.05, 4.69) is 12.2 Å². The summed E-state index contributed by atoms with van der Waals surface area (Å²) in [4.78, 5) is 0. The lowest BCUT2D eigenvalue weighted by Crippen LogP contribution is -2.27. The molecule has 3 heteroatoms. The van der Waals surface area contributed by atoms with Crippen molar-refractivity contribution in [1.82, 2.24) is 5.32 Å². The Kier molecular flexibility index (Phi) is 2.82. The largest absolute Gasteiger partial charge is 0.496 e. The molecule has 15 heavy (non-hydrogen) atoms. The molecule has 0 saturated heterocycles. The van der Waals surface area contributed by atoms with Gasteiger partial charge in [0.1, 0.15) is 11.5 Å². The molecule has 3 nitrogen and oxygen atoms in total. The van der Waals surface area contributed by atoms with E-state index >= 15 is 0 Å². The molecule has 1 aromatic rings. The van der Waals surface area contributed by atoms with Crippen LogP contribution in [0.4, 0.5) is 0 Å². The third kappa shape index (κ3) is 1.67. The molecule has 1 atom stereocenters. The monoisotopic (exact) mass is 207 g/mol. The van der Waals surface area contributed by atoms with Crippen LogP contribution in [0.3, 0.4) is 0 Å². The number of fused-ring (bicyclic) bond motifs is 1. The highest BCUT2D eigenvalue weighted by molar-refractivity contribution is 5.51. The van der Waals surface area contributed by atoms with Gasteiger partial charge >= 0.3 is 0 Å². The summed E-state index contributed by atoms with van der Waals surface area (Å²) < 4.78 is 10.8. The van der Waals surface area contributed by atoms with Crippen LogP contribution in [0.25, 0.3) is 0 Å². The second kappa shape index (κ2) is 4.11. The second-order valence-corrected chi connectivity index (χ2v) is 3.89. The van der Waals surface area contributed by atoms with E-state index in [1.165, 1.54) is 11.1 Å². The second-order valence-electron chi connectivity index (χ2n) is 3.89. The third-order valence-corrected chi connectivity index (χ3v) is 2.96. The minimum absolute atomic E-state index is 0.471. The first-order valence-corrected chi connectivity index (χ1v) is 5.22. The van der Waals surface area contributed by atoms with Gasteiger partial charge in [0.05, 0.1) is 14.2 Å². The van der Waals surface area contributed by atoms with E-state index in [1.807, 2.05) is 12.1 Å². The van der Waals surface area contributed by atoms with Crippen molar-refractivity contribution in [2.45, 2.75) is 19.4 Å². The molecule has 0 fully saturated rings. The molecule has 0 spiro atoms. The minimum Gasteiger partial charge on any atom is -0.496 e. The average molecular weight is 207 g/mol. The molecule has 0 aliphatic carbocycles. The smallest absolute Gasteiger partial charge is 0.123 e. The van der Waals surface area contributed by atoms with Crippen LogP contribution in [-0.4, -0.2) is 20.8 Å². The van der Waals surface area contributed by atoms with Gasteiger partial charge in [-0.2, -0.15) is 0 Å². The lowest BCUT2D eigenvalue weighted by atomic mass is 9.90. The zero-order valence-electron chi connectivity index (χ0n) is 9.46. The summed E-state index contributed by atoms with van der Waals surface area (Å²) >= 11 is 0. The van der Waals surface area contributed by atoms with Gasteiger partial charge in [-0.05, 0) is 18.1 Å². The number of rotatable bonds is 2. The van der Waals surface area contributed by atoms with Gasteiger partial charge in [0.25, 0.3) is 0 Å². The Labute approximate surface area is 90.4 Å². The van der Waals surface area contributed by atoms with Crippen molar-refractivity contribution in [3.63, 3.8) is 0 Å². The predicted octanol–water partition coefficient (Wildman–Crippen LogP) is 1.91. The Morgan fingerprint density at radius 1 is 1.20 bits per heavy atom. The zero-order valence-corrected chi connectivity index (χ0v) is 9.46. The van der Waals surface area contributed by atoms with Gasteiger partial charge in [0.15, 0.2) is 0 Å². The maximum atomic E-state index is 5.40. The predicted molar refractivity (Wildman–Crippen MR) is 59.7 cm³/mol. The van der Waals surface area contributed by atoms with Crippen molar-refractivity contribution in [3.8, 4) is 11.5 Å². The summed E-state index contributed by atoms with van der Waals surface area (Å²) in [5.41, 5.74) is 2.52. The lowest BCUT2D eigenvalue weighted by Gasteiger charge is -2.26. The van der Waals surface area contributed by atoms with E-state index in [0.29, 0.717) is 5.92 Å². The molecular weight excluding hydrogens is 190 g/mol. The number of hydrogen-bond donors (Lipinski definition) is 1. The molecule has 0 saturated carbocycles. The van der Waals surface area contributed by atoms with Crippen LogP contribution in [0.1, 0.15) is 24.0 Å². The van der Waals surface area contributed by atoms with Crippen LogP contribution in [0.2, 0.25) is 0 Å². The van der Waals surface area contributed by atoms with Crippen LogP contribution < -0.4 is 14.8 Å². The Balaban J connectivity index is 2.56. The number of ether oxygens (including phenoxy) is 2. The summed E-state index contributed by atoms with van der Waals surface area (Å²) in [7, 11) is 3.43. The van der Waals surface area contributed by atoms with Crippen molar-refractivity contribution < 1.29 is 9.47 Å². The summed E-state index contributed by atoms with van der Waals surface area (Å²) in [6.45, 7) is 4.06. The fourth-order valence-electron chi connectivity index (χ4n) is 2.23. The molecule has 1 N–H and O–H groups in total. The first kappa shape index (κ1) is 10.3. The Morgan fingerprint density at radius 2 is 1.87 bits per heavy atom. The highest BCUT2D eigenvalue weighted by Crippen LogP contribution is 2.37. The fourth-order valence-corrected chi connectivity index (χ4v) is 2.23. The highest BCUT2D eigenvalue weighted by Gasteiger charge is 2.23. The number of nitrogens with one attached hydrogen (secondary N) is 1. The third-order valence-electron chi connectivity index (χ3n) is 2.96. The van der Waals surface area contributed by atoms with Gasteiger partial charge in [0.2, 0.25) is 0 Å². The minimum atomic E-state index is 0.471. The van der Waals surface area contributed by atoms with Crippen molar-refractivity contribution in [2.75, 3.05) is 20.8 Å². The summed E-state index contributed by atoms with van der Waals surface area (Å²) in [6, 6.07) is 3.96. The molecule has 1 aliphatic heterocycles. The summed E-state index contributed by atoms with van der Waals surface area (Å²) in [5, 5.41) is 3.38. The van der Waals surface area contributed by atoms with Crippen LogP contribution in [0, 0.1) is 0 Å². The molecule has 1 aliphatic rings. The Bertz CT molecular complexity index is 363. The molecular formula is C12H17NO2. The zero-order chi connectivity index (χ0) is 10.8. The van der Waals surface area contributed by atoms with Crippen LogP contribution in [-0.2, 0) is 6.54 Å². The van der Waals surface area contributed by atoms with Gasteiger partial charge in [-0.1, -0.05) is 6.92 Å². The topological polar surface area (TPSA) is 30.5 Å². The van der Waals surface area contributed by atoms with E-state index in [1.54, 1.807) is 14.2 Å². The maximum absolute atomic E-state index is 5.40. The fraction of sp³-hybridized carbons (Fsp3) is 0.500. The first-order valence-electron chi connectivity index (χ1n) is 5.22. The summed E-state index contributed by atoms with van der Waals surface area (Å²) in [6.07, 6.45) is 0. The van der Waals surface area contributed by atoms with Gasteiger partial charge in [-0.25, -0.2) is 0 Å². The number of benzene rings is 1. The molecule has 1 unspecified atom stereocenters. The van der Waals surface area contributed by atoms with E-state index in [9.17, 15) is 0 Å². The molecule has 0 amide bonds. The number of methoxy groups -OCH3 is 2. The van der Waals surface area contributed by atoms with Crippen molar-refractivity contribution >= 4 is 0 Å². The molecule has 0 bridgehead atoms. The molecule has 1 heterocycles. The highest BCUT2D eigenvalue weighted by atomic mass is 16.5. The van der Waals surface area contributed by atoms with Crippen LogP contribution in [0.15, 0.2) is 12.1 Å². The quantitative estimate of drug-likeness (QED) is 0.803. The molecule has 82 valence electrons. The number of hydrogen-bond acceptors (Lipinski definition) is 3. The van der Waals surface area contributed by atoms with Crippen molar-refractivity contribution in [2.24, 2.45) is 0 Å². The van der Waals surface area contributed by atoms with E-state index in [0.717, 1.165) is 24.6 Å². The van der Waals surface area contributed by atoms with Crippen molar-refractivity contribution in [3.05, 3.63) is 23.3 Å². The van der Waals surface area contributed by atoms with Crippen LogP contribution >= 0.6 is 0 Å². The van der Waals surface area contributed by atoms with E-state index in [-0.39, 0.29) is 0 Å². The Morgan fingerprint density at radius 3 is 2.53 bits per heavy atom. The SMILES string of the molecule is COc1ccc(OC)c2c1CNCC2C. The average Bonchev–Trinajstić information content (AvgIpc) is 2.28. The van der Waals surface area contributed by atoms with Gasteiger partial charge < -0.3 is 14.8 Å².